The van der Waals surface area contributed by atoms with Crippen molar-refractivity contribution in [2.24, 2.45) is 11.8 Å². The van der Waals surface area contributed by atoms with E-state index in [-0.39, 0.29) is 30.1 Å². The monoisotopic (exact) mass is 416 g/mol. The Morgan fingerprint density at radius 1 is 1.17 bits per heavy atom. The number of hydrogen-bond acceptors (Lipinski definition) is 4. The molecule has 0 bridgehead atoms. The number of hydrogen-bond donors (Lipinski definition) is 1. The molecule has 0 aromatic carbocycles. The zero-order valence-electron chi connectivity index (χ0n) is 18.1. The van der Waals surface area contributed by atoms with E-state index in [9.17, 15) is 9.59 Å². The van der Waals surface area contributed by atoms with E-state index in [1.807, 2.05) is 30.4 Å². The van der Waals surface area contributed by atoms with E-state index in [1.54, 1.807) is 6.26 Å². The summed E-state index contributed by atoms with van der Waals surface area (Å²) in [5.74, 6) is -0.602. The van der Waals surface area contributed by atoms with Crippen LogP contribution in [-0.2, 0) is 19.1 Å². The SMILES string of the molecule is CCCCCC/C=C/[C@H]1[C@H](OC2C=CC=CO2)CC(=O)[C@@H]1CC=CCCCC(=O)O. The Hall–Kier alpha value is -2.14. The summed E-state index contributed by atoms with van der Waals surface area (Å²) in [5.41, 5.74) is 0. The molecule has 1 fully saturated rings. The number of carboxylic acid groups (broad SMARTS) is 1. The minimum Gasteiger partial charge on any atom is -0.481 e. The van der Waals surface area contributed by atoms with Gasteiger partial charge in [-0.25, -0.2) is 0 Å². The standard InChI is InChI=1S/C25H36O5/c1-2-3-4-5-6-10-15-21-20(14-9-7-8-11-16-24(27)28)22(26)19-23(21)30-25-17-12-13-18-29-25/h7,9-10,12-13,15,17-18,20-21,23,25H,2-6,8,11,14,16,19H2,1H3,(H,27,28)/b9-7?,15-10+/t20-,21-,23-,25?/m1/s1. The van der Waals surface area contributed by atoms with Crippen molar-refractivity contribution in [1.82, 2.24) is 0 Å². The summed E-state index contributed by atoms with van der Waals surface area (Å²) in [6.45, 7) is 2.21. The number of ether oxygens (including phenoxy) is 2. The molecule has 1 aliphatic heterocycles. The second kappa shape index (κ2) is 14.0. The maximum absolute atomic E-state index is 12.7. The summed E-state index contributed by atoms with van der Waals surface area (Å²) in [5, 5.41) is 8.72. The smallest absolute Gasteiger partial charge is 0.303 e. The van der Waals surface area contributed by atoms with Gasteiger partial charge < -0.3 is 14.6 Å². The predicted octanol–water partition coefficient (Wildman–Crippen LogP) is 5.73. The molecule has 1 heterocycles. The zero-order chi connectivity index (χ0) is 21.6. The van der Waals surface area contributed by atoms with Crippen LogP contribution in [0.25, 0.3) is 0 Å². The molecule has 0 saturated heterocycles. The van der Waals surface area contributed by atoms with Crippen LogP contribution in [0.5, 0.6) is 0 Å². The van der Waals surface area contributed by atoms with Crippen LogP contribution in [0.4, 0.5) is 0 Å². The second-order valence-corrected chi connectivity index (χ2v) is 8.02. The molecule has 4 atom stereocenters. The number of carboxylic acids is 1. The van der Waals surface area contributed by atoms with Gasteiger partial charge in [-0.15, -0.1) is 0 Å². The molecule has 1 N–H and O–H groups in total. The second-order valence-electron chi connectivity index (χ2n) is 8.02. The minimum absolute atomic E-state index is 0.0373. The Labute approximate surface area is 180 Å². The Kier molecular flexibility index (Phi) is 11.2. The van der Waals surface area contributed by atoms with Crippen LogP contribution in [0, 0.1) is 11.8 Å². The van der Waals surface area contributed by atoms with Gasteiger partial charge in [0.05, 0.1) is 12.4 Å². The lowest BCUT2D eigenvalue weighted by molar-refractivity contribution is -0.137. The third-order valence-corrected chi connectivity index (χ3v) is 5.59. The first-order valence-corrected chi connectivity index (χ1v) is 11.3. The molecule has 0 aromatic rings. The first-order valence-electron chi connectivity index (χ1n) is 11.3. The molecule has 0 spiro atoms. The van der Waals surface area contributed by atoms with E-state index in [0.717, 1.165) is 12.8 Å². The summed E-state index contributed by atoms with van der Waals surface area (Å²) in [6.07, 6.45) is 23.4. The van der Waals surface area contributed by atoms with Gasteiger partial charge in [-0.3, -0.25) is 9.59 Å². The highest BCUT2D eigenvalue weighted by Crippen LogP contribution is 2.36. The average Bonchev–Trinajstić information content (AvgIpc) is 3.02. The third kappa shape index (κ3) is 8.70. The van der Waals surface area contributed by atoms with Gasteiger partial charge in [0.15, 0.2) is 0 Å². The van der Waals surface area contributed by atoms with Crippen LogP contribution in [0.3, 0.4) is 0 Å². The van der Waals surface area contributed by atoms with E-state index in [4.69, 9.17) is 14.6 Å². The molecule has 1 aliphatic carbocycles. The van der Waals surface area contributed by atoms with Gasteiger partial charge in [0, 0.05) is 24.7 Å². The average molecular weight is 417 g/mol. The number of ketones is 1. The third-order valence-electron chi connectivity index (χ3n) is 5.59. The summed E-state index contributed by atoms with van der Waals surface area (Å²) >= 11 is 0. The molecule has 0 aromatic heterocycles. The van der Waals surface area contributed by atoms with Crippen LogP contribution in [-0.4, -0.2) is 29.3 Å². The van der Waals surface area contributed by atoms with Gasteiger partial charge in [0.25, 0.3) is 0 Å². The summed E-state index contributed by atoms with van der Waals surface area (Å²) < 4.78 is 11.6. The number of carbonyl (C=O) groups is 2. The number of Topliss-reactive ketones (excluding diaryl/α,β-unsaturated/α-hetero) is 1. The lowest BCUT2D eigenvalue weighted by Crippen LogP contribution is -2.27. The summed E-state index contributed by atoms with van der Waals surface area (Å²) in [7, 11) is 0. The Morgan fingerprint density at radius 2 is 2.00 bits per heavy atom. The molecule has 0 amide bonds. The van der Waals surface area contributed by atoms with Crippen LogP contribution in [0.1, 0.15) is 71.1 Å². The molecule has 2 rings (SSSR count). The Bertz CT molecular complexity index is 646. The number of unbranched alkanes of at least 4 members (excludes halogenated alkanes) is 5. The molecule has 1 unspecified atom stereocenters. The van der Waals surface area contributed by atoms with Crippen molar-refractivity contribution in [2.45, 2.75) is 83.5 Å². The van der Waals surface area contributed by atoms with Crippen molar-refractivity contribution >= 4 is 11.8 Å². The number of carbonyl (C=O) groups excluding carboxylic acids is 1. The van der Waals surface area contributed by atoms with Crippen molar-refractivity contribution in [1.29, 1.82) is 0 Å². The van der Waals surface area contributed by atoms with Gasteiger partial charge in [-0.1, -0.05) is 56.6 Å². The molecule has 166 valence electrons. The van der Waals surface area contributed by atoms with E-state index in [2.05, 4.69) is 19.1 Å². The maximum atomic E-state index is 12.7. The fourth-order valence-electron chi connectivity index (χ4n) is 3.94. The highest BCUT2D eigenvalue weighted by Gasteiger charge is 2.42. The lowest BCUT2D eigenvalue weighted by Gasteiger charge is -2.25. The predicted molar refractivity (Wildman–Crippen MR) is 118 cm³/mol. The highest BCUT2D eigenvalue weighted by molar-refractivity contribution is 5.85. The lowest BCUT2D eigenvalue weighted by atomic mass is 9.90. The van der Waals surface area contributed by atoms with Gasteiger partial charge in [-0.05, 0) is 44.3 Å². The normalized spacial score (nSPS) is 26.1. The van der Waals surface area contributed by atoms with Crippen molar-refractivity contribution in [2.75, 3.05) is 0 Å². The van der Waals surface area contributed by atoms with Gasteiger partial charge >= 0.3 is 5.97 Å². The molecule has 1 saturated carbocycles. The number of allylic oxidation sites excluding steroid dienone is 5. The maximum Gasteiger partial charge on any atom is 0.303 e. The molecule has 30 heavy (non-hydrogen) atoms. The quantitative estimate of drug-likeness (QED) is 0.289. The molecule has 5 nitrogen and oxygen atoms in total. The van der Waals surface area contributed by atoms with E-state index in [0.29, 0.717) is 19.3 Å². The van der Waals surface area contributed by atoms with E-state index < -0.39 is 12.3 Å². The molecule has 2 aliphatic rings. The molecule has 5 heteroatoms. The molecular weight excluding hydrogens is 380 g/mol. The minimum atomic E-state index is -0.771. The zero-order valence-corrected chi connectivity index (χ0v) is 18.1. The van der Waals surface area contributed by atoms with Crippen LogP contribution in [0.2, 0.25) is 0 Å². The fourth-order valence-corrected chi connectivity index (χ4v) is 3.94. The van der Waals surface area contributed by atoms with Crippen LogP contribution >= 0.6 is 0 Å². The van der Waals surface area contributed by atoms with Crippen LogP contribution in [0.15, 0.2) is 48.8 Å². The summed E-state index contributed by atoms with van der Waals surface area (Å²) in [4.78, 5) is 23.3. The first kappa shape index (κ1) is 24.1. The number of rotatable bonds is 14. The van der Waals surface area contributed by atoms with Gasteiger partial charge in [0.1, 0.15) is 5.78 Å². The van der Waals surface area contributed by atoms with E-state index >= 15 is 0 Å². The Morgan fingerprint density at radius 3 is 2.73 bits per heavy atom. The largest absolute Gasteiger partial charge is 0.481 e. The van der Waals surface area contributed by atoms with Crippen molar-refractivity contribution < 1.29 is 24.2 Å². The fraction of sp³-hybridized carbons (Fsp3) is 0.600. The van der Waals surface area contributed by atoms with Crippen molar-refractivity contribution in [3.05, 3.63) is 48.8 Å². The number of aliphatic carboxylic acids is 1. The summed E-state index contributed by atoms with van der Waals surface area (Å²) in [6, 6.07) is 0. The topological polar surface area (TPSA) is 72.8 Å². The highest BCUT2D eigenvalue weighted by atomic mass is 16.7. The first-order chi connectivity index (χ1) is 14.6. The van der Waals surface area contributed by atoms with Crippen molar-refractivity contribution in [3.8, 4) is 0 Å². The van der Waals surface area contributed by atoms with Gasteiger partial charge in [0.2, 0.25) is 6.29 Å². The Balaban J connectivity index is 1.93. The van der Waals surface area contributed by atoms with Gasteiger partial charge in [-0.2, -0.15) is 0 Å². The van der Waals surface area contributed by atoms with Crippen LogP contribution < -0.4 is 0 Å². The molecule has 0 radical (unpaired) electrons. The van der Waals surface area contributed by atoms with Crippen molar-refractivity contribution in [3.63, 3.8) is 0 Å². The molecular formula is C25H36O5. The van der Waals surface area contributed by atoms with E-state index in [1.165, 1.54) is 25.7 Å².